The molecular formula is C21H21N5OS. The van der Waals surface area contributed by atoms with Crippen molar-refractivity contribution in [3.8, 4) is 11.3 Å². The third-order valence-electron chi connectivity index (χ3n) is 5.14. The summed E-state index contributed by atoms with van der Waals surface area (Å²) in [5.74, 6) is 0. The van der Waals surface area contributed by atoms with Gasteiger partial charge in [-0.3, -0.25) is 9.20 Å². The second kappa shape index (κ2) is 7.00. The smallest absolute Gasteiger partial charge is 0.258 e. The van der Waals surface area contributed by atoms with Crippen molar-refractivity contribution in [1.29, 1.82) is 0 Å². The first-order valence-corrected chi connectivity index (χ1v) is 10.4. The number of thiazole rings is 1. The molecule has 6 nitrogen and oxygen atoms in total. The predicted octanol–water partition coefficient (Wildman–Crippen LogP) is 3.08. The largest absolute Gasteiger partial charge is 0.369 e. The molecule has 0 unspecified atom stereocenters. The van der Waals surface area contributed by atoms with Gasteiger partial charge >= 0.3 is 0 Å². The molecular weight excluding hydrogens is 370 g/mol. The van der Waals surface area contributed by atoms with Crippen LogP contribution in [0, 0.1) is 6.92 Å². The minimum absolute atomic E-state index is 0.0598. The first kappa shape index (κ1) is 17.3. The highest BCUT2D eigenvalue weighted by molar-refractivity contribution is 7.18. The van der Waals surface area contributed by atoms with Crippen LogP contribution in [0.15, 0.2) is 47.4 Å². The molecule has 1 saturated heterocycles. The number of hydrogen-bond donors (Lipinski definition) is 1. The number of nitrogens with one attached hydrogen (secondary N) is 1. The van der Waals surface area contributed by atoms with Crippen LogP contribution < -0.4 is 15.8 Å². The van der Waals surface area contributed by atoms with E-state index in [0.717, 1.165) is 59.1 Å². The second-order valence-electron chi connectivity index (χ2n) is 7.10. The Hall–Kier alpha value is -2.77. The third-order valence-corrected chi connectivity index (χ3v) is 6.07. The molecule has 1 N–H and O–H groups in total. The monoisotopic (exact) mass is 391 g/mol. The van der Waals surface area contributed by atoms with Gasteiger partial charge in [-0.1, -0.05) is 6.07 Å². The fraction of sp³-hybridized carbons (Fsp3) is 0.286. The highest BCUT2D eigenvalue weighted by Crippen LogP contribution is 2.27. The first-order chi connectivity index (χ1) is 13.7. The zero-order valence-electron chi connectivity index (χ0n) is 15.7. The van der Waals surface area contributed by atoms with E-state index in [1.54, 1.807) is 21.8 Å². The van der Waals surface area contributed by atoms with E-state index in [1.807, 2.05) is 31.3 Å². The third kappa shape index (κ3) is 3.16. The van der Waals surface area contributed by atoms with Gasteiger partial charge in [-0.25, -0.2) is 9.97 Å². The molecule has 0 radical (unpaired) electrons. The van der Waals surface area contributed by atoms with Crippen LogP contribution in [0.2, 0.25) is 0 Å². The summed E-state index contributed by atoms with van der Waals surface area (Å²) in [7, 11) is 0. The number of pyridine rings is 1. The lowest BCUT2D eigenvalue weighted by Crippen LogP contribution is -2.28. The van der Waals surface area contributed by atoms with E-state index in [-0.39, 0.29) is 5.56 Å². The molecule has 28 heavy (non-hydrogen) atoms. The molecule has 1 aromatic carbocycles. The summed E-state index contributed by atoms with van der Waals surface area (Å²) in [4.78, 5) is 24.4. The van der Waals surface area contributed by atoms with Crippen molar-refractivity contribution in [3.05, 3.63) is 58.0 Å². The van der Waals surface area contributed by atoms with Crippen molar-refractivity contribution in [1.82, 2.24) is 19.7 Å². The van der Waals surface area contributed by atoms with E-state index in [9.17, 15) is 4.79 Å². The number of hydrogen-bond acceptors (Lipinski definition) is 6. The number of anilines is 1. The van der Waals surface area contributed by atoms with Gasteiger partial charge in [-0.15, -0.1) is 11.3 Å². The Bertz CT molecular complexity index is 1220. The van der Waals surface area contributed by atoms with Crippen LogP contribution in [-0.2, 0) is 0 Å². The molecule has 4 heterocycles. The Morgan fingerprint density at radius 1 is 1.07 bits per heavy atom. The summed E-state index contributed by atoms with van der Waals surface area (Å²) in [6.07, 6.45) is 3.01. The molecule has 3 aromatic heterocycles. The van der Waals surface area contributed by atoms with Crippen molar-refractivity contribution < 1.29 is 0 Å². The molecule has 1 aliphatic heterocycles. The van der Waals surface area contributed by atoms with Crippen LogP contribution in [0.4, 0.5) is 5.69 Å². The molecule has 142 valence electrons. The zero-order valence-corrected chi connectivity index (χ0v) is 16.5. The maximum atomic E-state index is 12.8. The Morgan fingerprint density at radius 3 is 2.93 bits per heavy atom. The highest BCUT2D eigenvalue weighted by atomic mass is 32.1. The van der Waals surface area contributed by atoms with E-state index in [2.05, 4.69) is 27.3 Å². The molecule has 0 spiro atoms. The van der Waals surface area contributed by atoms with Crippen LogP contribution in [-0.4, -0.2) is 40.5 Å². The fourth-order valence-electron chi connectivity index (χ4n) is 3.73. The van der Waals surface area contributed by atoms with Crippen LogP contribution in [0.5, 0.6) is 0 Å². The van der Waals surface area contributed by atoms with Gasteiger partial charge in [0.15, 0.2) is 0 Å². The number of fused-ring (bicyclic) bond motifs is 2. The molecule has 1 aliphatic rings. The van der Waals surface area contributed by atoms with Gasteiger partial charge in [0.1, 0.15) is 5.65 Å². The molecule has 0 aliphatic carbocycles. The number of benzene rings is 1. The van der Waals surface area contributed by atoms with Crippen molar-refractivity contribution >= 4 is 32.9 Å². The van der Waals surface area contributed by atoms with Crippen LogP contribution >= 0.6 is 11.3 Å². The van der Waals surface area contributed by atoms with E-state index in [4.69, 9.17) is 4.98 Å². The zero-order chi connectivity index (χ0) is 19.1. The van der Waals surface area contributed by atoms with Crippen LogP contribution in [0.3, 0.4) is 0 Å². The number of aryl methyl sites for hydroxylation is 1. The van der Waals surface area contributed by atoms with Crippen LogP contribution in [0.25, 0.3) is 27.1 Å². The average molecular weight is 392 g/mol. The molecule has 7 heteroatoms. The second-order valence-corrected chi connectivity index (χ2v) is 8.34. The molecule has 0 saturated carbocycles. The highest BCUT2D eigenvalue weighted by Gasteiger charge is 2.12. The summed E-state index contributed by atoms with van der Waals surface area (Å²) < 4.78 is 2.76. The molecule has 0 bridgehead atoms. The molecule has 4 aromatic rings. The van der Waals surface area contributed by atoms with Crippen LogP contribution in [0.1, 0.15) is 11.4 Å². The van der Waals surface area contributed by atoms with Gasteiger partial charge < -0.3 is 10.2 Å². The molecule has 5 rings (SSSR count). The average Bonchev–Trinajstić information content (AvgIpc) is 2.89. The van der Waals surface area contributed by atoms with Gasteiger partial charge in [0.05, 0.1) is 26.6 Å². The first-order valence-electron chi connectivity index (χ1n) is 9.54. The van der Waals surface area contributed by atoms with E-state index in [1.165, 1.54) is 0 Å². The lowest BCUT2D eigenvalue weighted by atomic mass is 10.1. The summed E-state index contributed by atoms with van der Waals surface area (Å²) in [6.45, 7) is 5.94. The van der Waals surface area contributed by atoms with Gasteiger partial charge in [0.25, 0.3) is 5.56 Å². The SMILES string of the molecule is Cc1nc2ccc(-c3cc(=O)n4cc(N5CCCNCC5)ccc4n3)cc2s1. The standard InChI is InChI=1S/C21H21N5OS/c1-14-23-17-5-3-15(11-19(17)28-14)18-12-21(27)26-13-16(4-6-20(26)24-18)25-9-2-7-22-8-10-25/h3-6,11-13,22H,2,7-10H2,1H3. The van der Waals surface area contributed by atoms with E-state index in [0.29, 0.717) is 11.3 Å². The number of aromatic nitrogens is 3. The lowest BCUT2D eigenvalue weighted by Gasteiger charge is -2.22. The van der Waals surface area contributed by atoms with Gasteiger partial charge in [0, 0.05) is 37.5 Å². The van der Waals surface area contributed by atoms with Crippen molar-refractivity contribution in [2.45, 2.75) is 13.3 Å². The molecule has 0 amide bonds. The van der Waals surface area contributed by atoms with E-state index >= 15 is 0 Å². The Labute approximate surface area is 166 Å². The normalized spacial score (nSPS) is 15.2. The Morgan fingerprint density at radius 2 is 2.00 bits per heavy atom. The molecule has 0 atom stereocenters. The van der Waals surface area contributed by atoms with Crippen molar-refractivity contribution in [2.75, 3.05) is 31.1 Å². The fourth-order valence-corrected chi connectivity index (χ4v) is 4.60. The minimum atomic E-state index is -0.0598. The molecule has 1 fully saturated rings. The van der Waals surface area contributed by atoms with Crippen molar-refractivity contribution in [3.63, 3.8) is 0 Å². The van der Waals surface area contributed by atoms with Crippen molar-refractivity contribution in [2.24, 2.45) is 0 Å². The maximum absolute atomic E-state index is 12.8. The van der Waals surface area contributed by atoms with Gasteiger partial charge in [0.2, 0.25) is 0 Å². The van der Waals surface area contributed by atoms with E-state index < -0.39 is 0 Å². The number of nitrogens with zero attached hydrogens (tertiary/aromatic N) is 4. The Balaban J connectivity index is 1.56. The quantitative estimate of drug-likeness (QED) is 0.569. The lowest BCUT2D eigenvalue weighted by molar-refractivity contribution is 0.724. The Kier molecular flexibility index (Phi) is 4.33. The van der Waals surface area contributed by atoms with Gasteiger partial charge in [-0.2, -0.15) is 0 Å². The van der Waals surface area contributed by atoms with Gasteiger partial charge in [-0.05, 0) is 44.2 Å². The predicted molar refractivity (Wildman–Crippen MR) is 115 cm³/mol. The minimum Gasteiger partial charge on any atom is -0.369 e. The maximum Gasteiger partial charge on any atom is 0.258 e. The summed E-state index contributed by atoms with van der Waals surface area (Å²) in [5.41, 5.74) is 4.30. The topological polar surface area (TPSA) is 62.5 Å². The summed E-state index contributed by atoms with van der Waals surface area (Å²) in [6, 6.07) is 11.7. The number of rotatable bonds is 2. The summed E-state index contributed by atoms with van der Waals surface area (Å²) in [5, 5.41) is 4.45. The summed E-state index contributed by atoms with van der Waals surface area (Å²) >= 11 is 1.66.